The van der Waals surface area contributed by atoms with Crippen molar-refractivity contribution in [2.45, 2.75) is 6.61 Å². The first-order chi connectivity index (χ1) is 8.69. The number of hydrogen-bond donors (Lipinski definition) is 0. The second-order valence-corrected chi connectivity index (χ2v) is 5.58. The minimum Gasteiger partial charge on any atom is -0.488 e. The molecule has 0 fully saturated rings. The zero-order valence-electron chi connectivity index (χ0n) is 9.68. The van der Waals surface area contributed by atoms with Crippen LogP contribution in [-0.2, 0) is 11.3 Å². The highest BCUT2D eigenvalue weighted by atomic mass is 79.9. The van der Waals surface area contributed by atoms with Gasteiger partial charge in [0.15, 0.2) is 0 Å². The lowest BCUT2D eigenvalue weighted by Gasteiger charge is -2.04. The first-order valence-electron chi connectivity index (χ1n) is 5.24. The smallest absolute Gasteiger partial charge is 0.348 e. The van der Waals surface area contributed by atoms with Crippen LogP contribution in [0.5, 0.6) is 5.75 Å². The van der Waals surface area contributed by atoms with E-state index in [0.717, 1.165) is 15.1 Å². The normalized spacial score (nSPS) is 10.1. The van der Waals surface area contributed by atoms with Crippen molar-refractivity contribution in [2.24, 2.45) is 0 Å². The highest BCUT2D eigenvalue weighted by Crippen LogP contribution is 2.21. The molecule has 0 spiro atoms. The molecule has 0 bridgehead atoms. The van der Waals surface area contributed by atoms with Crippen LogP contribution in [0.3, 0.4) is 0 Å². The average molecular weight is 327 g/mol. The number of carbonyl (C=O) groups is 1. The Balaban J connectivity index is 1.96. The Bertz CT molecular complexity index is 533. The molecule has 2 aromatic rings. The predicted molar refractivity (Wildman–Crippen MR) is 74.1 cm³/mol. The van der Waals surface area contributed by atoms with E-state index in [-0.39, 0.29) is 5.97 Å². The Morgan fingerprint density at radius 3 is 2.61 bits per heavy atom. The fourth-order valence-electron chi connectivity index (χ4n) is 1.35. The Morgan fingerprint density at radius 2 is 1.94 bits per heavy atom. The summed E-state index contributed by atoms with van der Waals surface area (Å²) in [6, 6.07) is 11.2. The summed E-state index contributed by atoms with van der Waals surface area (Å²) < 4.78 is 11.3. The van der Waals surface area contributed by atoms with Gasteiger partial charge in [-0.2, -0.15) is 0 Å². The van der Waals surface area contributed by atoms with Crippen LogP contribution in [0.2, 0.25) is 0 Å². The molecule has 5 heteroatoms. The molecular formula is C13H11BrO3S. The predicted octanol–water partition coefficient (Wildman–Crippen LogP) is 3.88. The maximum atomic E-state index is 11.3. The van der Waals surface area contributed by atoms with Gasteiger partial charge in [0.05, 0.1) is 7.11 Å². The number of esters is 1. The van der Waals surface area contributed by atoms with Gasteiger partial charge in [0, 0.05) is 9.35 Å². The van der Waals surface area contributed by atoms with E-state index in [1.54, 1.807) is 6.07 Å². The van der Waals surface area contributed by atoms with E-state index in [4.69, 9.17) is 4.74 Å². The van der Waals surface area contributed by atoms with Crippen LogP contribution < -0.4 is 4.74 Å². The lowest BCUT2D eigenvalue weighted by Crippen LogP contribution is -1.97. The van der Waals surface area contributed by atoms with E-state index in [0.29, 0.717) is 11.5 Å². The third-order valence-electron chi connectivity index (χ3n) is 2.24. The van der Waals surface area contributed by atoms with Gasteiger partial charge in [-0.05, 0) is 36.4 Å². The number of benzene rings is 1. The largest absolute Gasteiger partial charge is 0.488 e. The van der Waals surface area contributed by atoms with Crippen molar-refractivity contribution >= 4 is 33.2 Å². The topological polar surface area (TPSA) is 35.5 Å². The molecule has 2 rings (SSSR count). The van der Waals surface area contributed by atoms with E-state index in [1.165, 1.54) is 18.4 Å². The second-order valence-electron chi connectivity index (χ2n) is 3.50. The van der Waals surface area contributed by atoms with Gasteiger partial charge in [0.25, 0.3) is 0 Å². The molecule has 0 radical (unpaired) electrons. The zero-order chi connectivity index (χ0) is 13.0. The molecule has 0 saturated heterocycles. The Morgan fingerprint density at radius 1 is 1.22 bits per heavy atom. The first-order valence-corrected chi connectivity index (χ1v) is 6.85. The molecule has 0 aliphatic rings. The fraction of sp³-hybridized carbons (Fsp3) is 0.154. The monoisotopic (exact) mass is 326 g/mol. The third kappa shape index (κ3) is 3.34. The molecule has 94 valence electrons. The van der Waals surface area contributed by atoms with E-state index in [2.05, 4.69) is 20.7 Å². The van der Waals surface area contributed by atoms with Gasteiger partial charge in [0.1, 0.15) is 17.2 Å². The summed E-state index contributed by atoms with van der Waals surface area (Å²) in [4.78, 5) is 12.9. The van der Waals surface area contributed by atoms with Gasteiger partial charge in [0.2, 0.25) is 0 Å². The van der Waals surface area contributed by atoms with Gasteiger partial charge >= 0.3 is 5.97 Å². The van der Waals surface area contributed by atoms with Crippen LogP contribution in [0.15, 0.2) is 40.9 Å². The van der Waals surface area contributed by atoms with Crippen molar-refractivity contribution in [3.05, 3.63) is 50.6 Å². The van der Waals surface area contributed by atoms with Crippen LogP contribution in [0.4, 0.5) is 0 Å². The number of methoxy groups -OCH3 is 1. The van der Waals surface area contributed by atoms with Crippen LogP contribution in [0, 0.1) is 0 Å². The molecule has 3 nitrogen and oxygen atoms in total. The molecule has 1 heterocycles. The van der Waals surface area contributed by atoms with Gasteiger partial charge < -0.3 is 9.47 Å². The van der Waals surface area contributed by atoms with E-state index >= 15 is 0 Å². The van der Waals surface area contributed by atoms with E-state index < -0.39 is 0 Å². The molecule has 0 amide bonds. The molecule has 1 aromatic carbocycles. The van der Waals surface area contributed by atoms with Crippen molar-refractivity contribution in [1.29, 1.82) is 0 Å². The van der Waals surface area contributed by atoms with Crippen molar-refractivity contribution in [3.8, 4) is 5.75 Å². The molecule has 0 atom stereocenters. The summed E-state index contributed by atoms with van der Waals surface area (Å²) in [5.41, 5.74) is 0. The number of rotatable bonds is 4. The fourth-order valence-corrected chi connectivity index (χ4v) is 2.45. The van der Waals surface area contributed by atoms with Crippen LogP contribution in [-0.4, -0.2) is 13.1 Å². The summed E-state index contributed by atoms with van der Waals surface area (Å²) in [6.07, 6.45) is 0. The van der Waals surface area contributed by atoms with Crippen LogP contribution >= 0.6 is 27.3 Å². The van der Waals surface area contributed by atoms with Crippen molar-refractivity contribution in [3.63, 3.8) is 0 Å². The molecule has 18 heavy (non-hydrogen) atoms. The molecule has 0 aliphatic heterocycles. The maximum absolute atomic E-state index is 11.3. The van der Waals surface area contributed by atoms with E-state index in [9.17, 15) is 4.79 Å². The molecule has 0 N–H and O–H groups in total. The quantitative estimate of drug-likeness (QED) is 0.800. The highest BCUT2D eigenvalue weighted by Gasteiger charge is 2.09. The first kappa shape index (κ1) is 13.1. The molecule has 0 saturated carbocycles. The maximum Gasteiger partial charge on any atom is 0.348 e. The van der Waals surface area contributed by atoms with Gasteiger partial charge in [-0.1, -0.05) is 15.9 Å². The summed E-state index contributed by atoms with van der Waals surface area (Å²) >= 11 is 4.74. The Kier molecular flexibility index (Phi) is 4.38. The Labute approximate surface area is 117 Å². The SMILES string of the molecule is COC(=O)c1ccc(COc2ccc(Br)cc2)s1. The standard InChI is InChI=1S/C13H11BrO3S/c1-16-13(15)12-7-6-11(18-12)8-17-10-4-2-9(14)3-5-10/h2-7H,8H2,1H3. The number of ether oxygens (including phenoxy) is 2. The molecule has 0 unspecified atom stereocenters. The summed E-state index contributed by atoms with van der Waals surface area (Å²) in [7, 11) is 1.38. The van der Waals surface area contributed by atoms with Crippen LogP contribution in [0.25, 0.3) is 0 Å². The number of carbonyl (C=O) groups excluding carboxylic acids is 1. The minimum absolute atomic E-state index is 0.310. The van der Waals surface area contributed by atoms with Gasteiger partial charge in [-0.3, -0.25) is 0 Å². The molecule has 1 aromatic heterocycles. The third-order valence-corrected chi connectivity index (χ3v) is 3.81. The summed E-state index contributed by atoms with van der Waals surface area (Å²) in [6.45, 7) is 0.448. The van der Waals surface area contributed by atoms with Crippen molar-refractivity contribution in [1.82, 2.24) is 0 Å². The van der Waals surface area contributed by atoms with Crippen molar-refractivity contribution in [2.75, 3.05) is 7.11 Å². The number of thiophene rings is 1. The van der Waals surface area contributed by atoms with Gasteiger partial charge in [-0.25, -0.2) is 4.79 Å². The lowest BCUT2D eigenvalue weighted by atomic mass is 10.3. The summed E-state index contributed by atoms with van der Waals surface area (Å²) in [5.74, 6) is 0.487. The number of hydrogen-bond acceptors (Lipinski definition) is 4. The summed E-state index contributed by atoms with van der Waals surface area (Å²) in [5, 5.41) is 0. The average Bonchev–Trinajstić information content (AvgIpc) is 2.86. The van der Waals surface area contributed by atoms with Crippen LogP contribution in [0.1, 0.15) is 14.5 Å². The molecule has 0 aliphatic carbocycles. The Hall–Kier alpha value is -1.33. The molecular weight excluding hydrogens is 316 g/mol. The highest BCUT2D eigenvalue weighted by molar-refractivity contribution is 9.10. The number of halogens is 1. The zero-order valence-corrected chi connectivity index (χ0v) is 12.1. The van der Waals surface area contributed by atoms with Gasteiger partial charge in [-0.15, -0.1) is 11.3 Å². The van der Waals surface area contributed by atoms with E-state index in [1.807, 2.05) is 30.3 Å². The second kappa shape index (κ2) is 6.02. The van der Waals surface area contributed by atoms with Crippen molar-refractivity contribution < 1.29 is 14.3 Å². The minimum atomic E-state index is -0.310. The lowest BCUT2D eigenvalue weighted by molar-refractivity contribution is 0.0606.